The van der Waals surface area contributed by atoms with Gasteiger partial charge >= 0.3 is 11.8 Å². The first-order valence-electron chi connectivity index (χ1n) is 7.65. The third-order valence-electron chi connectivity index (χ3n) is 3.76. The summed E-state index contributed by atoms with van der Waals surface area (Å²) in [6, 6.07) is 8.80. The number of carbonyl (C=O) groups is 2. The number of hydrogen-bond acceptors (Lipinski definition) is 5. The number of ether oxygens (including phenoxy) is 1. The molecule has 0 saturated heterocycles. The SMILES string of the molecule is O=C(NCc1ccco1)C(=O)NCC(O)c1ccc2c(c1)CCO2. The highest BCUT2D eigenvalue weighted by Gasteiger charge is 2.18. The van der Waals surface area contributed by atoms with Gasteiger partial charge in [-0.05, 0) is 35.4 Å². The van der Waals surface area contributed by atoms with E-state index in [2.05, 4.69) is 10.6 Å². The molecule has 1 aliphatic heterocycles. The maximum absolute atomic E-state index is 11.7. The molecule has 0 saturated carbocycles. The molecule has 0 radical (unpaired) electrons. The number of benzene rings is 1. The zero-order chi connectivity index (χ0) is 16.9. The fraction of sp³-hybridized carbons (Fsp3) is 0.294. The van der Waals surface area contributed by atoms with Gasteiger partial charge in [0.05, 0.1) is 25.5 Å². The highest BCUT2D eigenvalue weighted by atomic mass is 16.5. The smallest absolute Gasteiger partial charge is 0.309 e. The summed E-state index contributed by atoms with van der Waals surface area (Å²) in [5, 5.41) is 15.0. The Morgan fingerprint density at radius 2 is 2.04 bits per heavy atom. The maximum atomic E-state index is 11.7. The van der Waals surface area contributed by atoms with Crippen LogP contribution in [-0.2, 0) is 22.6 Å². The van der Waals surface area contributed by atoms with E-state index in [1.807, 2.05) is 6.07 Å². The standard InChI is InChI=1S/C17H18N2O5/c20-14(11-3-4-15-12(8-11)5-7-24-15)10-19-17(22)16(21)18-9-13-2-1-6-23-13/h1-4,6,8,14,20H,5,7,9-10H2,(H,18,21)(H,19,22). The molecule has 3 rings (SSSR count). The lowest BCUT2D eigenvalue weighted by Crippen LogP contribution is -2.41. The molecule has 0 spiro atoms. The van der Waals surface area contributed by atoms with Crippen LogP contribution < -0.4 is 15.4 Å². The van der Waals surface area contributed by atoms with Crippen molar-refractivity contribution in [1.29, 1.82) is 0 Å². The first-order chi connectivity index (χ1) is 11.6. The first kappa shape index (κ1) is 16.1. The van der Waals surface area contributed by atoms with Crippen LogP contribution in [0.5, 0.6) is 5.75 Å². The van der Waals surface area contributed by atoms with Gasteiger partial charge < -0.3 is 24.9 Å². The minimum Gasteiger partial charge on any atom is -0.493 e. The Hall–Kier alpha value is -2.80. The Morgan fingerprint density at radius 3 is 2.83 bits per heavy atom. The van der Waals surface area contributed by atoms with Gasteiger partial charge in [-0.3, -0.25) is 9.59 Å². The van der Waals surface area contributed by atoms with Crippen molar-refractivity contribution in [2.45, 2.75) is 19.1 Å². The summed E-state index contributed by atoms with van der Waals surface area (Å²) in [5.74, 6) is -0.199. The second-order valence-electron chi connectivity index (χ2n) is 5.45. The van der Waals surface area contributed by atoms with Crippen molar-refractivity contribution < 1.29 is 23.8 Å². The monoisotopic (exact) mass is 330 g/mol. The van der Waals surface area contributed by atoms with Gasteiger partial charge in [0.25, 0.3) is 0 Å². The predicted molar refractivity (Wildman–Crippen MR) is 84.2 cm³/mol. The largest absolute Gasteiger partial charge is 0.493 e. The summed E-state index contributed by atoms with van der Waals surface area (Å²) in [6.45, 7) is 0.723. The van der Waals surface area contributed by atoms with E-state index in [0.717, 1.165) is 17.7 Å². The average molecular weight is 330 g/mol. The third-order valence-corrected chi connectivity index (χ3v) is 3.76. The van der Waals surface area contributed by atoms with Crippen LogP contribution >= 0.6 is 0 Å². The van der Waals surface area contributed by atoms with Gasteiger partial charge in [0.1, 0.15) is 11.5 Å². The van der Waals surface area contributed by atoms with Crippen molar-refractivity contribution in [2.75, 3.05) is 13.2 Å². The van der Waals surface area contributed by atoms with Crippen LogP contribution in [0.15, 0.2) is 41.0 Å². The maximum Gasteiger partial charge on any atom is 0.309 e. The van der Waals surface area contributed by atoms with Crippen LogP contribution in [0.25, 0.3) is 0 Å². The predicted octanol–water partition coefficient (Wildman–Crippen LogP) is 0.680. The quantitative estimate of drug-likeness (QED) is 0.700. The van der Waals surface area contributed by atoms with Gasteiger partial charge in [0.2, 0.25) is 0 Å². The summed E-state index contributed by atoms with van der Waals surface area (Å²) < 4.78 is 10.5. The Balaban J connectivity index is 1.47. The number of fused-ring (bicyclic) bond motifs is 1. The summed E-state index contributed by atoms with van der Waals surface area (Å²) in [5.41, 5.74) is 1.71. The molecule has 1 atom stereocenters. The van der Waals surface area contributed by atoms with Crippen LogP contribution in [0.3, 0.4) is 0 Å². The zero-order valence-electron chi connectivity index (χ0n) is 13.0. The van der Waals surface area contributed by atoms with Gasteiger partial charge in [-0.2, -0.15) is 0 Å². The van der Waals surface area contributed by atoms with Gasteiger partial charge in [-0.1, -0.05) is 6.07 Å². The van der Waals surface area contributed by atoms with E-state index in [9.17, 15) is 14.7 Å². The lowest BCUT2D eigenvalue weighted by molar-refractivity contribution is -0.139. The number of nitrogens with one attached hydrogen (secondary N) is 2. The van der Waals surface area contributed by atoms with Gasteiger partial charge in [0.15, 0.2) is 0 Å². The van der Waals surface area contributed by atoms with Crippen molar-refractivity contribution in [3.63, 3.8) is 0 Å². The molecule has 1 aromatic carbocycles. The second-order valence-corrected chi connectivity index (χ2v) is 5.45. The fourth-order valence-corrected chi connectivity index (χ4v) is 2.46. The lowest BCUT2D eigenvalue weighted by atomic mass is 10.0. The molecule has 2 amide bonds. The van der Waals surface area contributed by atoms with E-state index < -0.39 is 17.9 Å². The molecule has 1 unspecified atom stereocenters. The van der Waals surface area contributed by atoms with E-state index in [1.165, 1.54) is 6.26 Å². The van der Waals surface area contributed by atoms with Crippen LogP contribution in [-0.4, -0.2) is 30.1 Å². The van der Waals surface area contributed by atoms with Crippen LogP contribution in [0.2, 0.25) is 0 Å². The Bertz CT molecular complexity index is 727. The fourth-order valence-electron chi connectivity index (χ4n) is 2.46. The summed E-state index contributed by atoms with van der Waals surface area (Å²) in [7, 11) is 0. The lowest BCUT2D eigenvalue weighted by Gasteiger charge is -2.13. The van der Waals surface area contributed by atoms with Gasteiger partial charge in [-0.15, -0.1) is 0 Å². The van der Waals surface area contributed by atoms with Crippen molar-refractivity contribution in [2.24, 2.45) is 0 Å². The van der Waals surface area contributed by atoms with Crippen LogP contribution in [0.4, 0.5) is 0 Å². The van der Waals surface area contributed by atoms with Gasteiger partial charge in [0, 0.05) is 13.0 Å². The number of aliphatic hydroxyl groups excluding tert-OH is 1. The van der Waals surface area contributed by atoms with Crippen molar-refractivity contribution in [1.82, 2.24) is 10.6 Å². The topological polar surface area (TPSA) is 101 Å². The minimum absolute atomic E-state index is 0.0490. The minimum atomic E-state index is -0.891. The zero-order valence-corrected chi connectivity index (χ0v) is 13.0. The Kier molecular flexibility index (Phi) is 4.81. The van der Waals surface area contributed by atoms with E-state index in [4.69, 9.17) is 9.15 Å². The number of furan rings is 1. The molecular weight excluding hydrogens is 312 g/mol. The molecule has 0 bridgehead atoms. The molecule has 0 fully saturated rings. The summed E-state index contributed by atoms with van der Waals surface area (Å²) >= 11 is 0. The van der Waals surface area contributed by atoms with E-state index >= 15 is 0 Å². The normalized spacial score (nSPS) is 13.7. The molecule has 1 aromatic heterocycles. The number of carbonyl (C=O) groups excluding carboxylic acids is 2. The van der Waals surface area contributed by atoms with E-state index in [0.29, 0.717) is 17.9 Å². The molecule has 2 aromatic rings. The van der Waals surface area contributed by atoms with Crippen LogP contribution in [0, 0.1) is 0 Å². The highest BCUT2D eigenvalue weighted by molar-refractivity contribution is 6.35. The van der Waals surface area contributed by atoms with Crippen molar-refractivity contribution in [3.8, 4) is 5.75 Å². The number of hydrogen-bond donors (Lipinski definition) is 3. The highest BCUT2D eigenvalue weighted by Crippen LogP contribution is 2.27. The summed E-state index contributed by atoms with van der Waals surface area (Å²) in [4.78, 5) is 23.4. The van der Waals surface area contributed by atoms with Crippen molar-refractivity contribution in [3.05, 3.63) is 53.5 Å². The third kappa shape index (κ3) is 3.75. The molecule has 126 valence electrons. The molecule has 24 heavy (non-hydrogen) atoms. The average Bonchev–Trinajstić information content (AvgIpc) is 3.27. The van der Waals surface area contributed by atoms with Gasteiger partial charge in [-0.25, -0.2) is 0 Å². The number of amides is 2. The number of aliphatic hydroxyl groups is 1. The number of rotatable bonds is 5. The molecular formula is C17H18N2O5. The first-order valence-corrected chi connectivity index (χ1v) is 7.65. The molecule has 0 aliphatic carbocycles. The second kappa shape index (κ2) is 7.18. The Morgan fingerprint density at radius 1 is 1.21 bits per heavy atom. The molecule has 1 aliphatic rings. The molecule has 7 nitrogen and oxygen atoms in total. The Labute approximate surface area is 138 Å². The molecule has 2 heterocycles. The van der Waals surface area contributed by atoms with E-state index in [1.54, 1.807) is 24.3 Å². The molecule has 7 heteroatoms. The van der Waals surface area contributed by atoms with E-state index in [-0.39, 0.29) is 13.1 Å². The van der Waals surface area contributed by atoms with Crippen LogP contribution in [0.1, 0.15) is 23.0 Å². The molecule has 3 N–H and O–H groups in total. The van der Waals surface area contributed by atoms with Crippen molar-refractivity contribution >= 4 is 11.8 Å². The summed E-state index contributed by atoms with van der Waals surface area (Å²) in [6.07, 6.45) is 1.40.